The zero-order chi connectivity index (χ0) is 21.7. The van der Waals surface area contributed by atoms with Crippen molar-refractivity contribution in [3.05, 3.63) is 75.9 Å². The summed E-state index contributed by atoms with van der Waals surface area (Å²) in [4.78, 5) is 32.4. The number of nitrogens with zero attached hydrogens (tertiary/aromatic N) is 3. The van der Waals surface area contributed by atoms with Gasteiger partial charge in [-0.2, -0.15) is 0 Å². The summed E-state index contributed by atoms with van der Waals surface area (Å²) >= 11 is 0. The van der Waals surface area contributed by atoms with E-state index >= 15 is 0 Å². The van der Waals surface area contributed by atoms with E-state index in [0.29, 0.717) is 16.8 Å². The number of aromatic nitrogens is 1. The summed E-state index contributed by atoms with van der Waals surface area (Å²) in [5.74, 6) is -0.345. The Hall–Kier alpha value is -3.05. The van der Waals surface area contributed by atoms with Crippen molar-refractivity contribution in [1.82, 2.24) is 15.0 Å². The van der Waals surface area contributed by atoms with Gasteiger partial charge < -0.3 is 0 Å². The van der Waals surface area contributed by atoms with Gasteiger partial charge in [-0.3, -0.25) is 14.6 Å². The number of ketones is 2. The maximum Gasteiger partial charge on any atom is 0.230 e. The number of allylic oxidation sites excluding steroid dienone is 3. The highest BCUT2D eigenvalue weighted by molar-refractivity contribution is 6.28. The molecule has 0 spiro atoms. The molecule has 0 N–H and O–H groups in total. The predicted molar refractivity (Wildman–Crippen MR) is 118 cm³/mol. The van der Waals surface area contributed by atoms with Crippen LogP contribution >= 0.6 is 0 Å². The van der Waals surface area contributed by atoms with Crippen molar-refractivity contribution < 1.29 is 9.59 Å². The number of carbonyl (C=O) groups excluding carboxylic acids is 2. The minimum atomic E-state index is -0.184. The average Bonchev–Trinajstić information content (AvgIpc) is 2.73. The Kier molecular flexibility index (Phi) is 4.94. The molecule has 1 unspecified atom stereocenters. The third-order valence-corrected chi connectivity index (χ3v) is 6.20. The molecule has 154 valence electrons. The summed E-state index contributed by atoms with van der Waals surface area (Å²) in [5.41, 5.74) is 6.26. The Labute approximate surface area is 177 Å². The third kappa shape index (κ3) is 2.84. The van der Waals surface area contributed by atoms with E-state index in [1.165, 1.54) is 0 Å². The predicted octanol–water partition coefficient (Wildman–Crippen LogP) is 4.72. The number of benzene rings is 1. The van der Waals surface area contributed by atoms with E-state index in [9.17, 15) is 9.59 Å². The molecular formula is C25H27N3O2. The molecule has 0 bridgehead atoms. The number of pyridine rings is 1. The van der Waals surface area contributed by atoms with Crippen LogP contribution in [0.3, 0.4) is 0 Å². The number of hydrogen-bond acceptors (Lipinski definition) is 5. The molecule has 4 rings (SSSR count). The van der Waals surface area contributed by atoms with Gasteiger partial charge in [0, 0.05) is 37.5 Å². The fourth-order valence-electron chi connectivity index (χ4n) is 4.59. The molecule has 0 radical (unpaired) electrons. The summed E-state index contributed by atoms with van der Waals surface area (Å²) in [7, 11) is 3.74. The standard InChI is InChI=1S/C25H27N3O2/c1-7-18-14(2)13-28(27(5)6)23-20(18)24(29)21-19(17-11-9-8-10-12-17)15(3)16(4)26-22(21)25(23)30/h8-13,18H,7H2,1-6H3. The van der Waals surface area contributed by atoms with Crippen molar-refractivity contribution >= 4 is 11.6 Å². The molecule has 2 heterocycles. The van der Waals surface area contributed by atoms with E-state index < -0.39 is 0 Å². The van der Waals surface area contributed by atoms with Gasteiger partial charge in [-0.1, -0.05) is 37.3 Å². The van der Waals surface area contributed by atoms with Crippen LogP contribution in [-0.2, 0) is 0 Å². The number of fused-ring (bicyclic) bond motifs is 1. The van der Waals surface area contributed by atoms with Crippen LogP contribution in [0.2, 0.25) is 0 Å². The molecule has 1 aliphatic carbocycles. The van der Waals surface area contributed by atoms with Gasteiger partial charge in [0.15, 0.2) is 5.78 Å². The maximum absolute atomic E-state index is 14.0. The molecule has 5 heteroatoms. The molecule has 0 saturated heterocycles. The molecule has 1 aromatic carbocycles. The molecule has 0 saturated carbocycles. The highest BCUT2D eigenvalue weighted by Gasteiger charge is 2.43. The second-order valence-electron chi connectivity index (χ2n) is 8.23. The first kappa shape index (κ1) is 20.2. The first-order valence-electron chi connectivity index (χ1n) is 10.3. The number of carbonyl (C=O) groups is 2. The molecule has 2 aromatic rings. The lowest BCUT2D eigenvalue weighted by molar-refractivity contribution is 0.0768. The monoisotopic (exact) mass is 401 g/mol. The molecule has 2 aliphatic rings. The van der Waals surface area contributed by atoms with E-state index in [-0.39, 0.29) is 23.2 Å². The van der Waals surface area contributed by atoms with Crippen molar-refractivity contribution in [2.24, 2.45) is 5.92 Å². The van der Waals surface area contributed by atoms with Gasteiger partial charge in [0.1, 0.15) is 11.4 Å². The Balaban J connectivity index is 2.05. The van der Waals surface area contributed by atoms with Crippen LogP contribution in [0.4, 0.5) is 0 Å². The smallest absolute Gasteiger partial charge is 0.230 e. The molecular weight excluding hydrogens is 374 g/mol. The Morgan fingerprint density at radius 3 is 2.27 bits per heavy atom. The second kappa shape index (κ2) is 7.33. The summed E-state index contributed by atoms with van der Waals surface area (Å²) in [5, 5.41) is 3.62. The lowest BCUT2D eigenvalue weighted by Crippen LogP contribution is -2.43. The van der Waals surface area contributed by atoms with E-state index in [1.807, 2.05) is 76.4 Å². The molecule has 1 atom stereocenters. The topological polar surface area (TPSA) is 53.5 Å². The fraction of sp³-hybridized carbons (Fsp3) is 0.320. The number of rotatable bonds is 3. The molecule has 1 aromatic heterocycles. The largest absolute Gasteiger partial charge is 0.289 e. The van der Waals surface area contributed by atoms with Crippen molar-refractivity contribution in [3.8, 4) is 11.1 Å². The minimum absolute atomic E-state index is 0.0777. The van der Waals surface area contributed by atoms with E-state index in [0.717, 1.165) is 34.4 Å². The van der Waals surface area contributed by atoms with Crippen LogP contribution in [0.15, 0.2) is 53.4 Å². The van der Waals surface area contributed by atoms with Gasteiger partial charge in [-0.05, 0) is 49.5 Å². The third-order valence-electron chi connectivity index (χ3n) is 6.20. The van der Waals surface area contributed by atoms with Gasteiger partial charge in [0.2, 0.25) is 5.78 Å². The Morgan fingerprint density at radius 2 is 1.67 bits per heavy atom. The number of Topliss-reactive ketones (excluding diaryl/α,β-unsaturated/α-hetero) is 2. The van der Waals surface area contributed by atoms with Gasteiger partial charge in [-0.15, -0.1) is 0 Å². The minimum Gasteiger partial charge on any atom is -0.289 e. The van der Waals surface area contributed by atoms with Crippen LogP contribution in [0.5, 0.6) is 0 Å². The fourth-order valence-corrected chi connectivity index (χ4v) is 4.59. The van der Waals surface area contributed by atoms with Gasteiger partial charge in [-0.25, -0.2) is 9.99 Å². The van der Waals surface area contributed by atoms with Crippen LogP contribution in [0.25, 0.3) is 11.1 Å². The highest BCUT2D eigenvalue weighted by Crippen LogP contribution is 2.43. The summed E-state index contributed by atoms with van der Waals surface area (Å²) in [6.07, 6.45) is 2.72. The van der Waals surface area contributed by atoms with Crippen molar-refractivity contribution in [3.63, 3.8) is 0 Å². The summed E-state index contributed by atoms with van der Waals surface area (Å²) < 4.78 is 0. The first-order chi connectivity index (χ1) is 14.3. The van der Waals surface area contributed by atoms with E-state index in [4.69, 9.17) is 0 Å². The van der Waals surface area contributed by atoms with Crippen molar-refractivity contribution in [1.29, 1.82) is 0 Å². The normalized spacial score (nSPS) is 18.6. The van der Waals surface area contributed by atoms with Crippen LogP contribution in [0.1, 0.15) is 52.4 Å². The van der Waals surface area contributed by atoms with Crippen LogP contribution in [-0.4, -0.2) is 40.7 Å². The Morgan fingerprint density at radius 1 is 1.00 bits per heavy atom. The van der Waals surface area contributed by atoms with Gasteiger partial charge >= 0.3 is 0 Å². The zero-order valence-electron chi connectivity index (χ0n) is 18.4. The van der Waals surface area contributed by atoms with Crippen molar-refractivity contribution in [2.75, 3.05) is 14.1 Å². The molecule has 0 amide bonds. The Bertz CT molecular complexity index is 1130. The lowest BCUT2D eigenvalue weighted by atomic mass is 9.75. The van der Waals surface area contributed by atoms with Crippen LogP contribution < -0.4 is 0 Å². The summed E-state index contributed by atoms with van der Waals surface area (Å²) in [6, 6.07) is 9.82. The number of aryl methyl sites for hydroxylation is 1. The molecule has 1 aliphatic heterocycles. The van der Waals surface area contributed by atoms with Crippen LogP contribution in [0, 0.1) is 19.8 Å². The van der Waals surface area contributed by atoms with Gasteiger partial charge in [0.25, 0.3) is 0 Å². The second-order valence-corrected chi connectivity index (χ2v) is 8.23. The maximum atomic E-state index is 14.0. The average molecular weight is 402 g/mol. The number of hydrazine groups is 1. The first-order valence-corrected chi connectivity index (χ1v) is 10.3. The summed E-state index contributed by atoms with van der Waals surface area (Å²) in [6.45, 7) is 7.95. The molecule has 30 heavy (non-hydrogen) atoms. The highest BCUT2D eigenvalue weighted by atomic mass is 16.1. The quantitative estimate of drug-likeness (QED) is 0.745. The number of hydrogen-bond donors (Lipinski definition) is 0. The van der Waals surface area contributed by atoms with Gasteiger partial charge in [0.05, 0.1) is 5.56 Å². The zero-order valence-corrected chi connectivity index (χ0v) is 18.4. The molecule has 0 fully saturated rings. The van der Waals surface area contributed by atoms with Crippen molar-refractivity contribution in [2.45, 2.75) is 34.1 Å². The van der Waals surface area contributed by atoms with E-state index in [2.05, 4.69) is 11.9 Å². The SMILES string of the molecule is CCC1C(C)=CN(N(C)C)C2=C1C(=O)c1c(nc(C)c(C)c1-c1ccccc1)C2=O. The van der Waals surface area contributed by atoms with E-state index in [1.54, 1.807) is 5.01 Å². The lowest BCUT2D eigenvalue weighted by Gasteiger charge is -2.39. The molecule has 5 nitrogen and oxygen atoms in total.